The maximum absolute atomic E-state index is 15.6. The van der Waals surface area contributed by atoms with Gasteiger partial charge in [-0.15, -0.1) is 0 Å². The second-order valence-corrected chi connectivity index (χ2v) is 11.9. The van der Waals surface area contributed by atoms with Crippen molar-refractivity contribution in [3.63, 3.8) is 0 Å². The number of halogens is 2. The Morgan fingerprint density at radius 3 is 2.44 bits per heavy atom. The van der Waals surface area contributed by atoms with Crippen LogP contribution in [0.3, 0.4) is 0 Å². The molecular weight excluding hydrogens is 524 g/mol. The Labute approximate surface area is 236 Å². The predicted molar refractivity (Wildman–Crippen MR) is 152 cm³/mol. The molecule has 2 fully saturated rings. The number of hydrogen-bond acceptors (Lipinski definition) is 5. The molecule has 210 valence electrons. The van der Waals surface area contributed by atoms with Gasteiger partial charge in [0.1, 0.15) is 17.7 Å². The average molecular weight is 556 g/mol. The molecule has 0 spiro atoms. The molecule has 41 heavy (non-hydrogen) atoms. The van der Waals surface area contributed by atoms with E-state index in [1.54, 1.807) is 55.1 Å². The highest BCUT2D eigenvalue weighted by Gasteiger charge is 2.42. The Hall–Kier alpha value is -4.13. The molecule has 2 saturated heterocycles. The van der Waals surface area contributed by atoms with Crippen molar-refractivity contribution in [2.45, 2.75) is 69.8 Å². The Morgan fingerprint density at radius 1 is 1.05 bits per heavy atom. The summed E-state index contributed by atoms with van der Waals surface area (Å²) in [4.78, 5) is 15.7. The number of amides is 1. The molecule has 1 aromatic heterocycles. The van der Waals surface area contributed by atoms with Crippen molar-refractivity contribution in [2.24, 2.45) is 5.73 Å². The SMILES string of the molecule is CC(C)(O)Cn1cc2cc(-c3ccc(C(=O)N4[C@@H]5CC[C@H]4CC(N)C5)cc3-c3ccc(C#N)c(F)c3)c(F)cc2n1. The number of rotatable bonds is 5. The van der Waals surface area contributed by atoms with E-state index in [0.29, 0.717) is 33.2 Å². The molecule has 3 atom stereocenters. The maximum atomic E-state index is 15.6. The molecule has 0 aliphatic carbocycles. The molecule has 3 N–H and O–H groups in total. The van der Waals surface area contributed by atoms with Gasteiger partial charge in [-0.2, -0.15) is 10.4 Å². The van der Waals surface area contributed by atoms with Crippen molar-refractivity contribution in [3.8, 4) is 28.3 Å². The van der Waals surface area contributed by atoms with Crippen LogP contribution in [0.2, 0.25) is 0 Å². The first-order chi connectivity index (χ1) is 19.5. The summed E-state index contributed by atoms with van der Waals surface area (Å²) in [6.45, 7) is 3.57. The largest absolute Gasteiger partial charge is 0.389 e. The molecule has 3 aromatic carbocycles. The zero-order chi connectivity index (χ0) is 29.1. The number of benzene rings is 3. The first-order valence-electron chi connectivity index (χ1n) is 13.8. The summed E-state index contributed by atoms with van der Waals surface area (Å²) < 4.78 is 32.0. The minimum atomic E-state index is -1.00. The van der Waals surface area contributed by atoms with Crippen LogP contribution >= 0.6 is 0 Å². The fraction of sp³-hybridized carbons (Fsp3) is 0.344. The number of nitrogens with two attached hydrogens (primary N) is 1. The molecule has 6 rings (SSSR count). The number of piperidine rings is 1. The third kappa shape index (κ3) is 5.09. The van der Waals surface area contributed by atoms with Crippen LogP contribution < -0.4 is 5.73 Å². The van der Waals surface area contributed by atoms with E-state index in [9.17, 15) is 19.6 Å². The summed E-state index contributed by atoms with van der Waals surface area (Å²) in [5.41, 5.74) is 7.62. The maximum Gasteiger partial charge on any atom is 0.254 e. The van der Waals surface area contributed by atoms with Crippen LogP contribution in [0.25, 0.3) is 33.2 Å². The zero-order valence-corrected chi connectivity index (χ0v) is 22.9. The van der Waals surface area contributed by atoms with Crippen molar-refractivity contribution in [3.05, 3.63) is 77.5 Å². The molecule has 7 nitrogen and oxygen atoms in total. The molecule has 1 unspecified atom stereocenters. The highest BCUT2D eigenvalue weighted by atomic mass is 19.1. The average Bonchev–Trinajstić information content (AvgIpc) is 3.42. The standard InChI is InChI=1S/C32H31F2N5O2/c1-32(2,41)17-38-16-21-10-27(29(34)14-30(21)37-38)25-8-5-19(9-26(25)18-3-4-20(15-35)28(33)11-18)31(40)39-23-6-7-24(39)13-22(36)12-23/h3-5,8-11,14,16,22-24,41H,6-7,12-13,17,36H2,1-2H3/t22?,23-,24+. The van der Waals surface area contributed by atoms with Crippen molar-refractivity contribution in [1.82, 2.24) is 14.7 Å². The number of aliphatic hydroxyl groups is 1. The lowest BCUT2D eigenvalue weighted by atomic mass is 9.90. The lowest BCUT2D eigenvalue weighted by molar-refractivity contribution is 0.0569. The second kappa shape index (κ2) is 10.1. The minimum absolute atomic E-state index is 0.0850. The minimum Gasteiger partial charge on any atom is -0.389 e. The van der Waals surface area contributed by atoms with E-state index < -0.39 is 17.2 Å². The summed E-state index contributed by atoms with van der Waals surface area (Å²) in [5.74, 6) is -1.33. The van der Waals surface area contributed by atoms with Crippen LogP contribution in [0.15, 0.2) is 54.7 Å². The molecular formula is C32H31F2N5O2. The van der Waals surface area contributed by atoms with Crippen LogP contribution in [0.1, 0.15) is 55.5 Å². The van der Waals surface area contributed by atoms with Gasteiger partial charge in [0.05, 0.1) is 23.2 Å². The Balaban J connectivity index is 1.47. The summed E-state index contributed by atoms with van der Waals surface area (Å²) in [7, 11) is 0. The Morgan fingerprint density at radius 2 is 1.78 bits per heavy atom. The molecule has 0 radical (unpaired) electrons. The van der Waals surface area contributed by atoms with Crippen molar-refractivity contribution >= 4 is 16.8 Å². The Bertz CT molecular complexity index is 1700. The zero-order valence-electron chi connectivity index (χ0n) is 22.9. The summed E-state index contributed by atoms with van der Waals surface area (Å²) in [5, 5.41) is 24.5. The second-order valence-electron chi connectivity index (χ2n) is 11.9. The molecule has 0 saturated carbocycles. The van der Waals surface area contributed by atoms with E-state index in [-0.39, 0.29) is 41.7 Å². The van der Waals surface area contributed by atoms with Crippen LogP contribution in [-0.4, -0.2) is 49.4 Å². The highest BCUT2D eigenvalue weighted by molar-refractivity contribution is 5.99. The van der Waals surface area contributed by atoms with Gasteiger partial charge in [0.15, 0.2) is 0 Å². The number of nitriles is 1. The number of fused-ring (bicyclic) bond motifs is 3. The number of carbonyl (C=O) groups excluding carboxylic acids is 1. The molecule has 2 aliphatic rings. The van der Waals surface area contributed by atoms with Crippen molar-refractivity contribution in [1.29, 1.82) is 5.26 Å². The molecule has 2 aliphatic heterocycles. The van der Waals surface area contributed by atoms with Gasteiger partial charge in [0, 0.05) is 46.9 Å². The summed E-state index contributed by atoms with van der Waals surface area (Å²) in [6.07, 6.45) is 5.11. The van der Waals surface area contributed by atoms with Gasteiger partial charge < -0.3 is 15.7 Å². The van der Waals surface area contributed by atoms with Crippen molar-refractivity contribution < 1.29 is 18.7 Å². The van der Waals surface area contributed by atoms with E-state index in [0.717, 1.165) is 25.7 Å². The molecule has 1 amide bonds. The number of aromatic nitrogens is 2. The van der Waals surface area contributed by atoms with Crippen LogP contribution in [-0.2, 0) is 6.54 Å². The normalized spacial score (nSPS) is 20.4. The third-order valence-corrected chi connectivity index (χ3v) is 8.15. The van der Waals surface area contributed by atoms with Crippen LogP contribution in [0, 0.1) is 23.0 Å². The topological polar surface area (TPSA) is 108 Å². The lowest BCUT2D eigenvalue weighted by Gasteiger charge is -2.38. The third-order valence-electron chi connectivity index (χ3n) is 8.15. The monoisotopic (exact) mass is 555 g/mol. The number of carbonyl (C=O) groups is 1. The van der Waals surface area contributed by atoms with Crippen molar-refractivity contribution in [2.75, 3.05) is 0 Å². The highest BCUT2D eigenvalue weighted by Crippen LogP contribution is 2.39. The summed E-state index contributed by atoms with van der Waals surface area (Å²) >= 11 is 0. The first-order valence-corrected chi connectivity index (χ1v) is 13.8. The number of nitrogens with zero attached hydrogens (tertiary/aromatic N) is 4. The lowest BCUT2D eigenvalue weighted by Crippen LogP contribution is -2.50. The molecule has 4 aromatic rings. The van der Waals surface area contributed by atoms with E-state index in [1.807, 2.05) is 11.0 Å². The van der Waals surface area contributed by atoms with Gasteiger partial charge in [-0.25, -0.2) is 8.78 Å². The smallest absolute Gasteiger partial charge is 0.254 e. The molecule has 2 bridgehead atoms. The fourth-order valence-electron chi connectivity index (χ4n) is 6.41. The van der Waals surface area contributed by atoms with Gasteiger partial charge in [0.25, 0.3) is 5.91 Å². The fourth-order valence-corrected chi connectivity index (χ4v) is 6.41. The first kappa shape index (κ1) is 27.1. The number of hydrogen-bond donors (Lipinski definition) is 2. The summed E-state index contributed by atoms with van der Waals surface area (Å²) in [6, 6.07) is 14.4. The van der Waals surface area contributed by atoms with E-state index >= 15 is 4.39 Å². The molecule has 9 heteroatoms. The Kier molecular flexibility index (Phi) is 6.63. The quantitative estimate of drug-likeness (QED) is 0.344. The van der Waals surface area contributed by atoms with E-state index in [1.165, 1.54) is 18.2 Å². The van der Waals surface area contributed by atoms with Gasteiger partial charge in [0.2, 0.25) is 0 Å². The van der Waals surface area contributed by atoms with Gasteiger partial charge in [-0.05, 0) is 86.6 Å². The predicted octanol–water partition coefficient (Wildman–Crippen LogP) is 5.39. The van der Waals surface area contributed by atoms with Crippen LogP contribution in [0.4, 0.5) is 8.78 Å². The van der Waals surface area contributed by atoms with Crippen LogP contribution in [0.5, 0.6) is 0 Å². The van der Waals surface area contributed by atoms with Gasteiger partial charge in [-0.3, -0.25) is 9.48 Å². The molecule has 3 heterocycles. The van der Waals surface area contributed by atoms with E-state index in [2.05, 4.69) is 5.10 Å². The van der Waals surface area contributed by atoms with Gasteiger partial charge >= 0.3 is 0 Å². The van der Waals surface area contributed by atoms with Gasteiger partial charge in [-0.1, -0.05) is 12.1 Å². The van der Waals surface area contributed by atoms with E-state index in [4.69, 9.17) is 5.73 Å².